The van der Waals surface area contributed by atoms with Crippen molar-refractivity contribution < 1.29 is 0 Å². The highest BCUT2D eigenvalue weighted by molar-refractivity contribution is 4.97. The van der Waals surface area contributed by atoms with Crippen LogP contribution in [-0.2, 0) is 0 Å². The van der Waals surface area contributed by atoms with Crippen molar-refractivity contribution >= 4 is 0 Å². The van der Waals surface area contributed by atoms with Gasteiger partial charge in [-0.1, -0.05) is 27.2 Å². The highest BCUT2D eigenvalue weighted by Gasteiger charge is 2.40. The van der Waals surface area contributed by atoms with E-state index in [4.69, 9.17) is 5.73 Å². The average molecular weight is 252 g/mol. The lowest BCUT2D eigenvalue weighted by molar-refractivity contribution is 0.0375. The molecule has 2 nitrogen and oxygen atoms in total. The topological polar surface area (TPSA) is 29.3 Å². The highest BCUT2D eigenvalue weighted by atomic mass is 15.2. The molecule has 1 saturated carbocycles. The van der Waals surface area contributed by atoms with E-state index in [1.165, 1.54) is 58.0 Å². The van der Waals surface area contributed by atoms with E-state index in [2.05, 4.69) is 25.7 Å². The van der Waals surface area contributed by atoms with Crippen LogP contribution in [0.25, 0.3) is 0 Å². The predicted molar refractivity (Wildman–Crippen MR) is 78.6 cm³/mol. The Hall–Kier alpha value is -0.0800. The Balaban J connectivity index is 2.09. The maximum absolute atomic E-state index is 6.23. The molecule has 0 aromatic heterocycles. The third-order valence-corrected chi connectivity index (χ3v) is 5.47. The largest absolute Gasteiger partial charge is 0.329 e. The molecule has 2 N–H and O–H groups in total. The van der Waals surface area contributed by atoms with E-state index >= 15 is 0 Å². The van der Waals surface area contributed by atoms with Crippen LogP contribution in [-0.4, -0.2) is 30.1 Å². The first-order valence-corrected chi connectivity index (χ1v) is 7.93. The quantitative estimate of drug-likeness (QED) is 0.763. The summed E-state index contributed by atoms with van der Waals surface area (Å²) in [5.41, 5.74) is 7.08. The Kier molecular flexibility index (Phi) is 4.38. The van der Waals surface area contributed by atoms with E-state index in [0.29, 0.717) is 11.0 Å². The monoisotopic (exact) mass is 252 g/mol. The molecule has 0 radical (unpaired) electrons. The maximum Gasteiger partial charge on any atom is 0.0332 e. The summed E-state index contributed by atoms with van der Waals surface area (Å²) in [6.45, 7) is 10.7. The van der Waals surface area contributed by atoms with E-state index in [1.54, 1.807) is 0 Å². The molecule has 18 heavy (non-hydrogen) atoms. The first kappa shape index (κ1) is 14.3. The number of nitrogens with two attached hydrogens (primary N) is 1. The number of rotatable bonds is 2. The molecule has 1 heterocycles. The first-order valence-electron chi connectivity index (χ1n) is 7.93. The highest BCUT2D eigenvalue weighted by Crippen LogP contribution is 2.41. The van der Waals surface area contributed by atoms with Gasteiger partial charge >= 0.3 is 0 Å². The second-order valence-electron chi connectivity index (χ2n) is 7.64. The van der Waals surface area contributed by atoms with Crippen LogP contribution in [0.5, 0.6) is 0 Å². The van der Waals surface area contributed by atoms with E-state index in [-0.39, 0.29) is 0 Å². The molecular formula is C16H32N2. The summed E-state index contributed by atoms with van der Waals surface area (Å²) in [5.74, 6) is 0.860. The zero-order valence-electron chi connectivity index (χ0n) is 12.7. The molecule has 0 amide bonds. The Labute approximate surface area is 113 Å². The Morgan fingerprint density at radius 3 is 2.56 bits per heavy atom. The van der Waals surface area contributed by atoms with Gasteiger partial charge in [-0.2, -0.15) is 0 Å². The fraction of sp³-hybridized carbons (Fsp3) is 1.00. The predicted octanol–water partition coefficient (Wildman–Crippen LogP) is 3.41. The van der Waals surface area contributed by atoms with Crippen molar-refractivity contribution in [2.45, 2.75) is 71.3 Å². The molecule has 0 spiro atoms. The molecule has 0 aromatic carbocycles. The van der Waals surface area contributed by atoms with Gasteiger partial charge in [0, 0.05) is 18.6 Å². The number of likely N-dealkylation sites (tertiary alicyclic amines) is 1. The van der Waals surface area contributed by atoms with Crippen molar-refractivity contribution in [2.24, 2.45) is 17.1 Å². The van der Waals surface area contributed by atoms with E-state index in [1.807, 2.05) is 0 Å². The van der Waals surface area contributed by atoms with Crippen molar-refractivity contribution in [3.05, 3.63) is 0 Å². The summed E-state index contributed by atoms with van der Waals surface area (Å²) in [6, 6.07) is 0. The van der Waals surface area contributed by atoms with Gasteiger partial charge in [0.2, 0.25) is 0 Å². The summed E-state index contributed by atoms with van der Waals surface area (Å²) < 4.78 is 0. The van der Waals surface area contributed by atoms with Crippen LogP contribution >= 0.6 is 0 Å². The minimum atomic E-state index is 0.322. The molecule has 2 rings (SSSR count). The smallest absolute Gasteiger partial charge is 0.0332 e. The zero-order valence-corrected chi connectivity index (χ0v) is 12.7. The molecule has 2 unspecified atom stereocenters. The zero-order chi connectivity index (χ0) is 13.2. The van der Waals surface area contributed by atoms with Gasteiger partial charge in [0.15, 0.2) is 0 Å². The Bertz CT molecular complexity index is 274. The van der Waals surface area contributed by atoms with Crippen LogP contribution in [0.3, 0.4) is 0 Å². The molecule has 1 aliphatic carbocycles. The molecule has 2 fully saturated rings. The van der Waals surface area contributed by atoms with E-state index in [0.717, 1.165) is 12.5 Å². The average Bonchev–Trinajstić information content (AvgIpc) is 2.49. The molecule has 2 aliphatic rings. The van der Waals surface area contributed by atoms with Crippen LogP contribution in [0, 0.1) is 11.3 Å². The van der Waals surface area contributed by atoms with E-state index < -0.39 is 0 Å². The van der Waals surface area contributed by atoms with Crippen molar-refractivity contribution in [1.82, 2.24) is 4.90 Å². The van der Waals surface area contributed by atoms with Crippen LogP contribution < -0.4 is 5.73 Å². The molecule has 2 heteroatoms. The SMILES string of the molecule is CC1CCCN(C2(CN)CCCC(C)(C)CC2)C1. The van der Waals surface area contributed by atoms with Crippen LogP contribution in [0.4, 0.5) is 0 Å². The second-order valence-corrected chi connectivity index (χ2v) is 7.64. The van der Waals surface area contributed by atoms with Gasteiger partial charge in [-0.3, -0.25) is 4.90 Å². The third kappa shape index (κ3) is 3.08. The minimum absolute atomic E-state index is 0.322. The number of hydrogen-bond donors (Lipinski definition) is 1. The maximum atomic E-state index is 6.23. The summed E-state index contributed by atoms with van der Waals surface area (Å²) in [6.07, 6.45) is 9.47. The summed E-state index contributed by atoms with van der Waals surface area (Å²) in [4.78, 5) is 2.75. The number of nitrogens with zero attached hydrogens (tertiary/aromatic N) is 1. The summed E-state index contributed by atoms with van der Waals surface area (Å²) >= 11 is 0. The van der Waals surface area contributed by atoms with Gasteiger partial charge in [-0.15, -0.1) is 0 Å². The molecule has 106 valence electrons. The molecule has 0 bridgehead atoms. The molecule has 0 aromatic rings. The van der Waals surface area contributed by atoms with Crippen LogP contribution in [0.1, 0.15) is 65.7 Å². The van der Waals surface area contributed by atoms with Gasteiger partial charge in [-0.25, -0.2) is 0 Å². The number of hydrogen-bond acceptors (Lipinski definition) is 2. The fourth-order valence-corrected chi connectivity index (χ4v) is 3.99. The fourth-order valence-electron chi connectivity index (χ4n) is 3.99. The third-order valence-electron chi connectivity index (χ3n) is 5.47. The minimum Gasteiger partial charge on any atom is -0.329 e. The van der Waals surface area contributed by atoms with Gasteiger partial charge in [-0.05, 0) is 56.4 Å². The van der Waals surface area contributed by atoms with Gasteiger partial charge < -0.3 is 5.73 Å². The van der Waals surface area contributed by atoms with Crippen molar-refractivity contribution in [3.8, 4) is 0 Å². The molecular weight excluding hydrogens is 220 g/mol. The standard InChI is InChI=1S/C16H32N2/c1-14-6-4-11-18(12-14)16(13-17)8-5-7-15(2,3)9-10-16/h14H,4-13,17H2,1-3H3. The van der Waals surface area contributed by atoms with Crippen LogP contribution in [0.15, 0.2) is 0 Å². The Morgan fingerprint density at radius 2 is 1.89 bits per heavy atom. The second kappa shape index (κ2) is 5.50. The lowest BCUT2D eigenvalue weighted by atomic mass is 9.82. The van der Waals surface area contributed by atoms with Crippen molar-refractivity contribution in [1.29, 1.82) is 0 Å². The lowest BCUT2D eigenvalue weighted by Crippen LogP contribution is -2.56. The molecule has 2 atom stereocenters. The van der Waals surface area contributed by atoms with Gasteiger partial charge in [0.05, 0.1) is 0 Å². The summed E-state index contributed by atoms with van der Waals surface area (Å²) in [7, 11) is 0. The molecule has 1 saturated heterocycles. The summed E-state index contributed by atoms with van der Waals surface area (Å²) in [5, 5.41) is 0. The van der Waals surface area contributed by atoms with Gasteiger partial charge in [0.25, 0.3) is 0 Å². The lowest BCUT2D eigenvalue weighted by Gasteiger charge is -2.47. The molecule has 1 aliphatic heterocycles. The van der Waals surface area contributed by atoms with Crippen LogP contribution in [0.2, 0.25) is 0 Å². The first-order chi connectivity index (χ1) is 8.47. The number of piperidine rings is 1. The van der Waals surface area contributed by atoms with Crippen molar-refractivity contribution in [3.63, 3.8) is 0 Å². The Morgan fingerprint density at radius 1 is 1.11 bits per heavy atom. The van der Waals surface area contributed by atoms with E-state index in [9.17, 15) is 0 Å². The normalized spacial score (nSPS) is 38.3. The van der Waals surface area contributed by atoms with Gasteiger partial charge in [0.1, 0.15) is 0 Å². The van der Waals surface area contributed by atoms with Crippen molar-refractivity contribution in [2.75, 3.05) is 19.6 Å².